The fraction of sp³-hybridized carbons (Fsp3) is 0.649. The molecule has 44 heavy (non-hydrogen) atoms. The van der Waals surface area contributed by atoms with E-state index in [-0.39, 0.29) is 18.0 Å². The van der Waals surface area contributed by atoms with Crippen LogP contribution in [0.3, 0.4) is 0 Å². The number of hydrogen-bond acceptors (Lipinski definition) is 5. The molecule has 7 heteroatoms. The number of ether oxygens (including phenoxy) is 1. The lowest BCUT2D eigenvalue weighted by Crippen LogP contribution is -2.40. The van der Waals surface area contributed by atoms with E-state index in [1.54, 1.807) is 0 Å². The molecule has 0 aromatic carbocycles. The van der Waals surface area contributed by atoms with Crippen LogP contribution in [0.25, 0.3) is 0 Å². The Bertz CT molecular complexity index is 875. The molecule has 0 fully saturated rings. The molecule has 0 aliphatic rings. The molecule has 7 nitrogen and oxygen atoms in total. The van der Waals surface area contributed by atoms with Crippen LogP contribution in [0.15, 0.2) is 60.8 Å². The van der Waals surface area contributed by atoms with Crippen LogP contribution in [0, 0.1) is 0 Å². The summed E-state index contributed by atoms with van der Waals surface area (Å²) >= 11 is 0. The Kier molecular flexibility index (Phi) is 29.4. The topological polar surface area (TPSA) is 119 Å². The summed E-state index contributed by atoms with van der Waals surface area (Å²) < 4.78 is 5.82. The second kappa shape index (κ2) is 31.5. The van der Waals surface area contributed by atoms with Crippen LogP contribution in [-0.2, 0) is 19.1 Å². The van der Waals surface area contributed by atoms with Crippen molar-refractivity contribution in [1.29, 1.82) is 0 Å². The lowest BCUT2D eigenvalue weighted by molar-refractivity contribution is -0.147. The van der Waals surface area contributed by atoms with Gasteiger partial charge in [-0.05, 0) is 96.1 Å². The molecule has 0 aliphatic carbocycles. The molecule has 250 valence electrons. The normalized spacial score (nSPS) is 13.5. The molecule has 4 N–H and O–H groups in total. The number of nitrogens with two attached hydrogens (primary N) is 1. The van der Waals surface area contributed by atoms with Crippen molar-refractivity contribution in [3.05, 3.63) is 60.8 Å². The maximum absolute atomic E-state index is 12.6. The molecule has 0 bridgehead atoms. The number of unbranched alkanes of at least 4 members (excludes halogenated alkanes) is 7. The monoisotopic (exact) mass is 614 g/mol. The zero-order valence-electron chi connectivity index (χ0n) is 27.7. The summed E-state index contributed by atoms with van der Waals surface area (Å²) in [5, 5.41) is 11.8. The fourth-order valence-corrected chi connectivity index (χ4v) is 4.48. The third kappa shape index (κ3) is 27.9. The molecule has 2 unspecified atom stereocenters. The fourth-order valence-electron chi connectivity index (χ4n) is 4.48. The molecule has 0 spiro atoms. The first-order valence-electron chi connectivity index (χ1n) is 17.1. The van der Waals surface area contributed by atoms with Crippen LogP contribution in [0.2, 0.25) is 0 Å². The van der Waals surface area contributed by atoms with Crippen LogP contribution in [0.4, 0.5) is 0 Å². The molecule has 0 heterocycles. The van der Waals surface area contributed by atoms with Crippen LogP contribution in [0.5, 0.6) is 0 Å². The van der Waals surface area contributed by atoms with Crippen LogP contribution in [-0.4, -0.2) is 41.6 Å². The van der Waals surface area contributed by atoms with Gasteiger partial charge in [0.15, 0.2) is 0 Å². The Hall–Kier alpha value is -2.93. The third-order valence-electron chi connectivity index (χ3n) is 7.03. The van der Waals surface area contributed by atoms with Gasteiger partial charge in [0.05, 0.1) is 0 Å². The predicted molar refractivity (Wildman–Crippen MR) is 183 cm³/mol. The average molecular weight is 615 g/mol. The number of hydrogen-bond donors (Lipinski definition) is 3. The number of esters is 1. The largest absolute Gasteiger partial charge is 0.480 e. The second-order valence-corrected chi connectivity index (χ2v) is 11.2. The Balaban J connectivity index is 4.37. The van der Waals surface area contributed by atoms with Crippen molar-refractivity contribution in [1.82, 2.24) is 5.32 Å². The number of allylic oxidation sites excluding steroid dienone is 9. The van der Waals surface area contributed by atoms with Gasteiger partial charge in [-0.25, -0.2) is 4.79 Å². The Morgan fingerprint density at radius 3 is 2.00 bits per heavy atom. The van der Waals surface area contributed by atoms with Crippen molar-refractivity contribution in [3.8, 4) is 0 Å². The van der Waals surface area contributed by atoms with Crippen molar-refractivity contribution in [3.63, 3.8) is 0 Å². The summed E-state index contributed by atoms with van der Waals surface area (Å²) in [5.41, 5.74) is 5.45. The van der Waals surface area contributed by atoms with Gasteiger partial charge in [0.2, 0.25) is 5.91 Å². The smallest absolute Gasteiger partial charge is 0.326 e. The second-order valence-electron chi connectivity index (χ2n) is 11.2. The highest BCUT2D eigenvalue weighted by Gasteiger charge is 2.18. The van der Waals surface area contributed by atoms with Gasteiger partial charge in [-0.1, -0.05) is 94.2 Å². The minimum Gasteiger partial charge on any atom is -0.480 e. The van der Waals surface area contributed by atoms with Crippen molar-refractivity contribution in [2.45, 2.75) is 148 Å². The predicted octanol–water partition coefficient (Wildman–Crippen LogP) is 8.66. The van der Waals surface area contributed by atoms with E-state index in [4.69, 9.17) is 10.5 Å². The van der Waals surface area contributed by atoms with E-state index in [9.17, 15) is 19.5 Å². The molecule has 0 saturated heterocycles. The van der Waals surface area contributed by atoms with Crippen LogP contribution >= 0.6 is 0 Å². The lowest BCUT2D eigenvalue weighted by Gasteiger charge is -2.15. The maximum atomic E-state index is 12.6. The van der Waals surface area contributed by atoms with Crippen LogP contribution < -0.4 is 11.1 Å². The molecule has 0 saturated carbocycles. The highest BCUT2D eigenvalue weighted by molar-refractivity contribution is 5.83. The number of amides is 1. The van der Waals surface area contributed by atoms with Gasteiger partial charge in [-0.3, -0.25) is 9.59 Å². The standard InChI is InChI=1S/C37H62N2O5/c1-3-5-7-9-11-12-13-14-15-16-17-19-25-31-36(41)44-33(27-22-18-10-8-6-4-2)28-23-20-21-24-30-35(40)39-34(37(42)43)29-26-32-38/h5,7-8,10-12,14-15,22,27,33-34H,3-4,6,9,13,16-21,23-26,28-32,38H2,1-2H3,(H,39,40)(H,42,43)/b7-5-,10-8-,12-11-,15-14-,27-22-. The molecular formula is C37H62N2O5. The molecule has 0 radical (unpaired) electrons. The van der Waals surface area contributed by atoms with Gasteiger partial charge in [0.1, 0.15) is 12.1 Å². The molecule has 0 aliphatic heterocycles. The minimum atomic E-state index is -1.02. The zero-order valence-corrected chi connectivity index (χ0v) is 27.7. The summed E-state index contributed by atoms with van der Waals surface area (Å²) in [6, 6.07) is -0.877. The quantitative estimate of drug-likeness (QED) is 0.0441. The Morgan fingerprint density at radius 1 is 0.705 bits per heavy atom. The van der Waals surface area contributed by atoms with Gasteiger partial charge in [0, 0.05) is 12.8 Å². The van der Waals surface area contributed by atoms with Crippen molar-refractivity contribution < 1.29 is 24.2 Å². The Labute approximate surface area is 268 Å². The van der Waals surface area contributed by atoms with E-state index in [1.165, 1.54) is 0 Å². The number of carbonyl (C=O) groups is 3. The first-order chi connectivity index (χ1) is 21.4. The van der Waals surface area contributed by atoms with Crippen LogP contribution in [0.1, 0.15) is 136 Å². The van der Waals surface area contributed by atoms with E-state index < -0.39 is 12.0 Å². The summed E-state index contributed by atoms with van der Waals surface area (Å²) in [7, 11) is 0. The minimum absolute atomic E-state index is 0.140. The number of nitrogens with one attached hydrogen (secondary N) is 1. The maximum Gasteiger partial charge on any atom is 0.326 e. The first-order valence-corrected chi connectivity index (χ1v) is 17.1. The van der Waals surface area contributed by atoms with Gasteiger partial charge in [0.25, 0.3) is 0 Å². The molecule has 0 rings (SSSR count). The van der Waals surface area contributed by atoms with E-state index in [2.05, 4.69) is 73.8 Å². The van der Waals surface area contributed by atoms with Crippen molar-refractivity contribution in [2.24, 2.45) is 5.73 Å². The van der Waals surface area contributed by atoms with Gasteiger partial charge in [-0.2, -0.15) is 0 Å². The van der Waals surface area contributed by atoms with Crippen molar-refractivity contribution >= 4 is 17.8 Å². The SMILES string of the molecule is CC/C=C\C/C=C\C/C=C\CCCCCC(=O)OC(/C=C\C/C=C\CCC)CCCCCCC(=O)NC(CCCN)C(=O)O. The van der Waals surface area contributed by atoms with Crippen molar-refractivity contribution in [2.75, 3.05) is 6.54 Å². The number of carboxylic acids is 1. The molecule has 0 aromatic heterocycles. The number of aliphatic carboxylic acids is 1. The van der Waals surface area contributed by atoms with Gasteiger partial charge in [-0.15, -0.1) is 0 Å². The van der Waals surface area contributed by atoms with E-state index in [0.717, 1.165) is 89.9 Å². The number of rotatable bonds is 29. The highest BCUT2D eigenvalue weighted by atomic mass is 16.5. The summed E-state index contributed by atoms with van der Waals surface area (Å²) in [6.07, 6.45) is 37.1. The first kappa shape index (κ1) is 41.1. The summed E-state index contributed by atoms with van der Waals surface area (Å²) in [5.74, 6) is -1.40. The van der Waals surface area contributed by atoms with E-state index in [1.807, 2.05) is 6.08 Å². The van der Waals surface area contributed by atoms with Gasteiger partial charge >= 0.3 is 11.9 Å². The third-order valence-corrected chi connectivity index (χ3v) is 7.03. The van der Waals surface area contributed by atoms with E-state index in [0.29, 0.717) is 38.6 Å². The number of carboxylic acid groups (broad SMARTS) is 1. The molecular weight excluding hydrogens is 552 g/mol. The van der Waals surface area contributed by atoms with Gasteiger partial charge < -0.3 is 20.9 Å². The molecule has 1 amide bonds. The summed E-state index contributed by atoms with van der Waals surface area (Å²) in [4.78, 5) is 36.0. The molecule has 2 atom stereocenters. The average Bonchev–Trinajstić information content (AvgIpc) is 3.00. The lowest BCUT2D eigenvalue weighted by atomic mass is 10.1. The Morgan fingerprint density at radius 2 is 1.32 bits per heavy atom. The zero-order chi connectivity index (χ0) is 32.5. The van der Waals surface area contributed by atoms with E-state index >= 15 is 0 Å². The molecule has 0 aromatic rings. The highest BCUT2D eigenvalue weighted by Crippen LogP contribution is 2.14. The summed E-state index contributed by atoms with van der Waals surface area (Å²) in [6.45, 7) is 4.69. The number of carbonyl (C=O) groups excluding carboxylic acids is 2.